The van der Waals surface area contributed by atoms with Gasteiger partial charge in [0.2, 0.25) is 0 Å². The summed E-state index contributed by atoms with van der Waals surface area (Å²) in [5.74, 6) is 0.402. The van der Waals surface area contributed by atoms with Gasteiger partial charge in [0.15, 0.2) is 0 Å². The first-order chi connectivity index (χ1) is 7.55. The molecule has 0 amide bonds. The van der Waals surface area contributed by atoms with Gasteiger partial charge in [0.1, 0.15) is 0 Å². The first-order valence-corrected chi connectivity index (χ1v) is 7.56. The highest BCUT2D eigenvalue weighted by Gasteiger charge is 2.27. The molecule has 0 saturated heterocycles. The Morgan fingerprint density at radius 1 is 1.19 bits per heavy atom. The van der Waals surface area contributed by atoms with Crippen LogP contribution in [0.25, 0.3) is 0 Å². The summed E-state index contributed by atoms with van der Waals surface area (Å²) >= 11 is 0. The van der Waals surface area contributed by atoms with Gasteiger partial charge in [-0.25, -0.2) is 4.72 Å². The van der Waals surface area contributed by atoms with Gasteiger partial charge in [-0.15, -0.1) is 0 Å². The topological polar surface area (TPSA) is 84.2 Å². The highest BCUT2D eigenvalue weighted by molar-refractivity contribution is 7.87. The van der Waals surface area contributed by atoms with Crippen molar-refractivity contribution >= 4 is 10.2 Å². The van der Waals surface area contributed by atoms with E-state index in [0.29, 0.717) is 12.5 Å². The van der Waals surface area contributed by atoms with Gasteiger partial charge in [-0.3, -0.25) is 0 Å². The Morgan fingerprint density at radius 3 is 2.56 bits per heavy atom. The summed E-state index contributed by atoms with van der Waals surface area (Å²) in [6, 6.07) is 0.422. The second-order valence-electron chi connectivity index (χ2n) is 5.04. The lowest BCUT2D eigenvalue weighted by molar-refractivity contribution is 0.322. The lowest BCUT2D eigenvalue weighted by atomic mass is 9.86. The van der Waals surface area contributed by atoms with E-state index >= 15 is 0 Å². The lowest BCUT2D eigenvalue weighted by Crippen LogP contribution is -2.41. The zero-order valence-corrected chi connectivity index (χ0v) is 10.3. The summed E-state index contributed by atoms with van der Waals surface area (Å²) in [5, 5.41) is 0. The van der Waals surface area contributed by atoms with E-state index in [1.807, 2.05) is 0 Å². The number of nitrogens with one attached hydrogen (secondary N) is 2. The molecule has 2 fully saturated rings. The van der Waals surface area contributed by atoms with Gasteiger partial charge in [0.25, 0.3) is 10.2 Å². The maximum Gasteiger partial charge on any atom is 0.277 e. The largest absolute Gasteiger partial charge is 0.328 e. The van der Waals surface area contributed by atoms with Crippen molar-refractivity contribution < 1.29 is 8.42 Å². The molecule has 0 aromatic carbocycles. The Kier molecular flexibility index (Phi) is 3.84. The second-order valence-corrected chi connectivity index (χ2v) is 6.57. The Morgan fingerprint density at radius 2 is 1.94 bits per heavy atom. The van der Waals surface area contributed by atoms with E-state index in [2.05, 4.69) is 9.44 Å². The van der Waals surface area contributed by atoms with Gasteiger partial charge in [-0.1, -0.05) is 6.42 Å². The molecule has 6 heteroatoms. The summed E-state index contributed by atoms with van der Waals surface area (Å²) < 4.78 is 28.3. The molecule has 94 valence electrons. The predicted molar refractivity (Wildman–Crippen MR) is 63.0 cm³/mol. The van der Waals surface area contributed by atoms with Gasteiger partial charge in [-0.05, 0) is 38.0 Å². The molecule has 2 atom stereocenters. The lowest BCUT2D eigenvalue weighted by Gasteiger charge is -2.26. The Labute approximate surface area is 97.3 Å². The van der Waals surface area contributed by atoms with Crippen LogP contribution in [0.2, 0.25) is 0 Å². The Balaban J connectivity index is 1.72. The molecule has 4 N–H and O–H groups in total. The molecule has 0 aromatic heterocycles. The molecule has 2 aliphatic rings. The molecule has 2 saturated carbocycles. The van der Waals surface area contributed by atoms with Crippen molar-refractivity contribution in [3.05, 3.63) is 0 Å². The number of hydrogen-bond acceptors (Lipinski definition) is 3. The minimum absolute atomic E-state index is 0.172. The second kappa shape index (κ2) is 5.00. The van der Waals surface area contributed by atoms with Crippen LogP contribution in [0.3, 0.4) is 0 Å². The van der Waals surface area contributed by atoms with E-state index in [9.17, 15) is 8.42 Å². The fraction of sp³-hybridized carbons (Fsp3) is 1.00. The first-order valence-electron chi connectivity index (χ1n) is 6.07. The summed E-state index contributed by atoms with van der Waals surface area (Å²) in [7, 11) is -3.28. The maximum absolute atomic E-state index is 11.6. The van der Waals surface area contributed by atoms with Crippen LogP contribution in [0.15, 0.2) is 0 Å². The van der Waals surface area contributed by atoms with Crippen molar-refractivity contribution in [3.63, 3.8) is 0 Å². The van der Waals surface area contributed by atoms with Crippen LogP contribution in [0.5, 0.6) is 0 Å². The third-order valence-electron chi connectivity index (χ3n) is 3.28. The van der Waals surface area contributed by atoms with Crippen LogP contribution in [0.1, 0.15) is 38.5 Å². The van der Waals surface area contributed by atoms with E-state index in [4.69, 9.17) is 5.73 Å². The van der Waals surface area contributed by atoms with E-state index in [-0.39, 0.29) is 12.1 Å². The summed E-state index contributed by atoms with van der Waals surface area (Å²) in [6.07, 6.45) is 6.14. The van der Waals surface area contributed by atoms with Crippen molar-refractivity contribution in [1.82, 2.24) is 9.44 Å². The number of rotatable bonds is 5. The molecule has 0 spiro atoms. The zero-order chi connectivity index (χ0) is 11.6. The van der Waals surface area contributed by atoms with Gasteiger partial charge >= 0.3 is 0 Å². The molecule has 2 aliphatic carbocycles. The molecule has 0 aromatic rings. The van der Waals surface area contributed by atoms with Crippen LogP contribution in [0, 0.1) is 5.92 Å². The fourth-order valence-electron chi connectivity index (χ4n) is 2.21. The first kappa shape index (κ1) is 12.3. The van der Waals surface area contributed by atoms with E-state index in [0.717, 1.165) is 38.5 Å². The van der Waals surface area contributed by atoms with Crippen molar-refractivity contribution in [1.29, 1.82) is 0 Å². The molecular formula is C10H21N3O2S. The van der Waals surface area contributed by atoms with Crippen molar-refractivity contribution in [2.24, 2.45) is 11.7 Å². The van der Waals surface area contributed by atoms with Gasteiger partial charge in [0, 0.05) is 18.6 Å². The van der Waals surface area contributed by atoms with E-state index in [1.54, 1.807) is 0 Å². The van der Waals surface area contributed by atoms with Crippen LogP contribution in [-0.4, -0.2) is 27.0 Å². The molecular weight excluding hydrogens is 226 g/mol. The maximum atomic E-state index is 11.6. The van der Waals surface area contributed by atoms with Crippen LogP contribution < -0.4 is 15.2 Å². The molecule has 16 heavy (non-hydrogen) atoms. The van der Waals surface area contributed by atoms with Crippen LogP contribution in [-0.2, 0) is 10.2 Å². The summed E-state index contributed by atoms with van der Waals surface area (Å²) in [5.41, 5.74) is 5.86. The average Bonchev–Trinajstić information content (AvgIpc) is 2.98. The van der Waals surface area contributed by atoms with E-state index in [1.165, 1.54) is 0 Å². The van der Waals surface area contributed by atoms with Gasteiger partial charge < -0.3 is 5.73 Å². The fourth-order valence-corrected chi connectivity index (χ4v) is 3.42. The van der Waals surface area contributed by atoms with Gasteiger partial charge in [0.05, 0.1) is 0 Å². The molecule has 0 radical (unpaired) electrons. The normalized spacial score (nSPS) is 31.6. The number of nitrogens with two attached hydrogens (primary N) is 1. The highest BCUT2D eigenvalue weighted by Crippen LogP contribution is 2.23. The smallest absolute Gasteiger partial charge is 0.277 e. The van der Waals surface area contributed by atoms with Crippen LogP contribution in [0.4, 0.5) is 0 Å². The SMILES string of the molecule is NC1CCCC(CNS(=O)(=O)NC2CC2)C1. The van der Waals surface area contributed by atoms with Crippen molar-refractivity contribution in [2.75, 3.05) is 6.54 Å². The standard InChI is InChI=1S/C10H21N3O2S/c11-9-3-1-2-8(6-9)7-12-16(14,15)13-10-4-5-10/h8-10,12-13H,1-7,11H2. The predicted octanol–water partition coefficient (Wildman–Crippen LogP) is 0.0903. The van der Waals surface area contributed by atoms with Crippen molar-refractivity contribution in [2.45, 2.75) is 50.6 Å². The molecule has 0 aliphatic heterocycles. The quantitative estimate of drug-likeness (QED) is 0.644. The third kappa shape index (κ3) is 4.01. The minimum Gasteiger partial charge on any atom is -0.328 e. The molecule has 0 bridgehead atoms. The molecule has 2 rings (SSSR count). The van der Waals surface area contributed by atoms with Crippen molar-refractivity contribution in [3.8, 4) is 0 Å². The zero-order valence-electron chi connectivity index (χ0n) is 9.48. The molecule has 0 heterocycles. The summed E-state index contributed by atoms with van der Waals surface area (Å²) in [4.78, 5) is 0. The Hall–Kier alpha value is -0.170. The summed E-state index contributed by atoms with van der Waals surface area (Å²) in [6.45, 7) is 0.524. The minimum atomic E-state index is -3.28. The monoisotopic (exact) mass is 247 g/mol. The molecule has 5 nitrogen and oxygen atoms in total. The van der Waals surface area contributed by atoms with Crippen LogP contribution >= 0.6 is 0 Å². The van der Waals surface area contributed by atoms with E-state index < -0.39 is 10.2 Å². The third-order valence-corrected chi connectivity index (χ3v) is 4.47. The average molecular weight is 247 g/mol. The molecule has 2 unspecified atom stereocenters. The number of hydrogen-bond donors (Lipinski definition) is 3. The Bertz CT molecular complexity index is 327. The van der Waals surface area contributed by atoms with Gasteiger partial charge in [-0.2, -0.15) is 13.1 Å². The highest BCUT2D eigenvalue weighted by atomic mass is 32.2.